The highest BCUT2D eigenvalue weighted by Gasteiger charge is 2.01. The van der Waals surface area contributed by atoms with E-state index in [-0.39, 0.29) is 0 Å². The van der Waals surface area contributed by atoms with E-state index in [1.165, 1.54) is 31.2 Å². The fourth-order valence-electron chi connectivity index (χ4n) is 1.74. The second-order valence-electron chi connectivity index (χ2n) is 3.90. The molecule has 0 bridgehead atoms. The van der Waals surface area contributed by atoms with E-state index in [0.29, 0.717) is 0 Å². The predicted molar refractivity (Wildman–Crippen MR) is 59.7 cm³/mol. The average molecular weight is 204 g/mol. The van der Waals surface area contributed by atoms with Crippen molar-refractivity contribution in [1.29, 1.82) is 0 Å². The number of nitrogens with zero attached hydrogens (tertiary/aromatic N) is 2. The predicted octanol–water partition coefficient (Wildman–Crippen LogP) is 3.35. The zero-order valence-corrected chi connectivity index (χ0v) is 9.07. The van der Waals surface area contributed by atoms with Crippen LogP contribution in [0.15, 0.2) is 22.8 Å². The van der Waals surface area contributed by atoms with Gasteiger partial charge in [0.15, 0.2) is 0 Å². The van der Waals surface area contributed by atoms with Gasteiger partial charge in [0.2, 0.25) is 0 Å². The van der Waals surface area contributed by atoms with Crippen LogP contribution < -0.4 is 0 Å². The van der Waals surface area contributed by atoms with Gasteiger partial charge in [0.1, 0.15) is 11.0 Å². The molecule has 3 heteroatoms. The largest absolute Gasteiger partial charge is 0.243 e. The van der Waals surface area contributed by atoms with Gasteiger partial charge in [-0.25, -0.2) is 4.63 Å². The number of hydrogen-bond donors (Lipinski definition) is 0. The molecule has 0 fully saturated rings. The first-order chi connectivity index (χ1) is 7.40. The molecule has 0 aliphatic rings. The molecule has 0 N–H and O–H groups in total. The first kappa shape index (κ1) is 10.1. The molecule has 15 heavy (non-hydrogen) atoms. The van der Waals surface area contributed by atoms with E-state index in [2.05, 4.69) is 34.0 Å². The summed E-state index contributed by atoms with van der Waals surface area (Å²) in [6.07, 6.45) is 6.30. The first-order valence-corrected chi connectivity index (χ1v) is 5.61. The summed E-state index contributed by atoms with van der Waals surface area (Å²) in [5, 5.41) is 7.62. The Morgan fingerprint density at radius 1 is 1.07 bits per heavy atom. The summed E-state index contributed by atoms with van der Waals surface area (Å²) in [6, 6.07) is 6.15. The van der Waals surface area contributed by atoms with E-state index in [1.54, 1.807) is 0 Å². The third-order valence-electron chi connectivity index (χ3n) is 2.64. The lowest BCUT2D eigenvalue weighted by molar-refractivity contribution is 0.315. The highest BCUT2D eigenvalue weighted by molar-refractivity contribution is 5.73. The zero-order chi connectivity index (χ0) is 10.5. The lowest BCUT2D eigenvalue weighted by Gasteiger charge is -1.99. The minimum absolute atomic E-state index is 0.840. The van der Waals surface area contributed by atoms with Crippen molar-refractivity contribution in [3.05, 3.63) is 23.8 Å². The monoisotopic (exact) mass is 204 g/mol. The maximum Gasteiger partial charge on any atom is 0.135 e. The van der Waals surface area contributed by atoms with E-state index >= 15 is 0 Å². The van der Waals surface area contributed by atoms with Crippen molar-refractivity contribution >= 4 is 11.0 Å². The molecular formula is C12H16N2O. The molecule has 1 heterocycles. The van der Waals surface area contributed by atoms with Crippen molar-refractivity contribution in [1.82, 2.24) is 10.3 Å². The molecule has 0 saturated heterocycles. The number of aromatic nitrogens is 2. The van der Waals surface area contributed by atoms with E-state index in [4.69, 9.17) is 0 Å². The SMILES string of the molecule is CCCCCCc1ccc2nonc2c1. The molecule has 0 spiro atoms. The van der Waals surface area contributed by atoms with Crippen LogP contribution in [0.3, 0.4) is 0 Å². The van der Waals surface area contributed by atoms with Gasteiger partial charge >= 0.3 is 0 Å². The van der Waals surface area contributed by atoms with Gasteiger partial charge in [0, 0.05) is 0 Å². The summed E-state index contributed by atoms with van der Waals surface area (Å²) in [7, 11) is 0. The molecule has 0 aliphatic heterocycles. The zero-order valence-electron chi connectivity index (χ0n) is 9.07. The summed E-state index contributed by atoms with van der Waals surface area (Å²) in [5.41, 5.74) is 3.03. The third-order valence-corrected chi connectivity index (χ3v) is 2.64. The van der Waals surface area contributed by atoms with Crippen LogP contribution in [0.2, 0.25) is 0 Å². The molecule has 1 aromatic heterocycles. The van der Waals surface area contributed by atoms with Gasteiger partial charge in [-0.15, -0.1) is 0 Å². The molecule has 3 nitrogen and oxygen atoms in total. The number of benzene rings is 1. The second-order valence-corrected chi connectivity index (χ2v) is 3.90. The normalized spacial score (nSPS) is 11.0. The van der Waals surface area contributed by atoms with Crippen molar-refractivity contribution in [2.24, 2.45) is 0 Å². The molecule has 0 amide bonds. The van der Waals surface area contributed by atoms with Gasteiger partial charge in [-0.2, -0.15) is 0 Å². The fourth-order valence-corrected chi connectivity index (χ4v) is 1.74. The maximum absolute atomic E-state index is 4.66. The molecular weight excluding hydrogens is 188 g/mol. The maximum atomic E-state index is 4.66. The molecule has 0 unspecified atom stereocenters. The topological polar surface area (TPSA) is 38.9 Å². The molecule has 0 saturated carbocycles. The summed E-state index contributed by atoms with van der Waals surface area (Å²) >= 11 is 0. The van der Waals surface area contributed by atoms with Crippen LogP contribution in [-0.4, -0.2) is 10.3 Å². The second kappa shape index (κ2) is 4.91. The summed E-state index contributed by atoms with van der Waals surface area (Å²) in [4.78, 5) is 0. The van der Waals surface area contributed by atoms with Crippen molar-refractivity contribution < 1.29 is 4.63 Å². The van der Waals surface area contributed by atoms with Gasteiger partial charge < -0.3 is 0 Å². The Morgan fingerprint density at radius 3 is 2.80 bits per heavy atom. The number of aryl methyl sites for hydroxylation is 1. The molecule has 0 atom stereocenters. The van der Waals surface area contributed by atoms with Crippen LogP contribution in [-0.2, 0) is 6.42 Å². The Bertz CT molecular complexity index is 422. The number of fused-ring (bicyclic) bond motifs is 1. The molecule has 2 aromatic rings. The van der Waals surface area contributed by atoms with Crippen LogP contribution in [0.1, 0.15) is 38.2 Å². The van der Waals surface area contributed by atoms with Crippen LogP contribution >= 0.6 is 0 Å². The minimum atomic E-state index is 0.840. The molecule has 80 valence electrons. The van der Waals surface area contributed by atoms with Crippen molar-refractivity contribution in [2.45, 2.75) is 39.0 Å². The Labute approximate surface area is 89.4 Å². The highest BCUT2D eigenvalue weighted by atomic mass is 16.6. The van der Waals surface area contributed by atoms with E-state index in [1.807, 2.05) is 6.07 Å². The quantitative estimate of drug-likeness (QED) is 0.701. The lowest BCUT2D eigenvalue weighted by atomic mass is 10.1. The minimum Gasteiger partial charge on any atom is -0.243 e. The highest BCUT2D eigenvalue weighted by Crippen LogP contribution is 2.14. The van der Waals surface area contributed by atoms with Gasteiger partial charge in [0.25, 0.3) is 0 Å². The lowest BCUT2D eigenvalue weighted by Crippen LogP contribution is -1.85. The average Bonchev–Trinajstić information content (AvgIpc) is 2.71. The van der Waals surface area contributed by atoms with Gasteiger partial charge in [-0.1, -0.05) is 32.3 Å². The van der Waals surface area contributed by atoms with E-state index in [9.17, 15) is 0 Å². The number of hydrogen-bond acceptors (Lipinski definition) is 3. The van der Waals surface area contributed by atoms with Crippen molar-refractivity contribution in [3.63, 3.8) is 0 Å². The number of unbranched alkanes of at least 4 members (excludes halogenated alkanes) is 3. The summed E-state index contributed by atoms with van der Waals surface area (Å²) in [6.45, 7) is 2.23. The Kier molecular flexibility index (Phi) is 3.33. The van der Waals surface area contributed by atoms with Crippen LogP contribution in [0, 0.1) is 0 Å². The van der Waals surface area contributed by atoms with Crippen molar-refractivity contribution in [3.8, 4) is 0 Å². The van der Waals surface area contributed by atoms with Crippen LogP contribution in [0.25, 0.3) is 11.0 Å². The Hall–Kier alpha value is -1.38. The van der Waals surface area contributed by atoms with E-state index < -0.39 is 0 Å². The summed E-state index contributed by atoms with van der Waals surface area (Å²) in [5.74, 6) is 0. The van der Waals surface area contributed by atoms with E-state index in [0.717, 1.165) is 17.5 Å². The van der Waals surface area contributed by atoms with Gasteiger partial charge in [-0.3, -0.25) is 0 Å². The smallest absolute Gasteiger partial charge is 0.135 e. The number of rotatable bonds is 5. The van der Waals surface area contributed by atoms with Crippen molar-refractivity contribution in [2.75, 3.05) is 0 Å². The Morgan fingerprint density at radius 2 is 1.93 bits per heavy atom. The molecule has 2 rings (SSSR count). The summed E-state index contributed by atoms with van der Waals surface area (Å²) < 4.78 is 4.66. The fraction of sp³-hybridized carbons (Fsp3) is 0.500. The molecule has 1 aromatic carbocycles. The van der Waals surface area contributed by atoms with Crippen LogP contribution in [0.4, 0.5) is 0 Å². The standard InChI is InChI=1S/C12H16N2O/c1-2-3-4-5-6-10-7-8-11-12(9-10)14-15-13-11/h7-9H,2-6H2,1H3. The van der Waals surface area contributed by atoms with Crippen LogP contribution in [0.5, 0.6) is 0 Å². The molecule has 0 radical (unpaired) electrons. The third kappa shape index (κ3) is 2.55. The van der Waals surface area contributed by atoms with Gasteiger partial charge in [0.05, 0.1) is 0 Å². The molecule has 0 aliphatic carbocycles. The van der Waals surface area contributed by atoms with Gasteiger partial charge in [-0.05, 0) is 40.9 Å². The Balaban J connectivity index is 1.96. The first-order valence-electron chi connectivity index (χ1n) is 5.61.